The molecule has 1 aliphatic rings. The highest BCUT2D eigenvalue weighted by Gasteiger charge is 2.36. The summed E-state index contributed by atoms with van der Waals surface area (Å²) in [6, 6.07) is 5.45. The molecule has 9 heteroatoms. The summed E-state index contributed by atoms with van der Waals surface area (Å²) >= 11 is 0. The average Bonchev–Trinajstić information content (AvgIpc) is 3.33. The number of hydrogen-bond donors (Lipinski definition) is 1. The highest BCUT2D eigenvalue weighted by Crippen LogP contribution is 2.43. The lowest BCUT2D eigenvalue weighted by atomic mass is 10.1. The van der Waals surface area contributed by atoms with Crippen LogP contribution in [0.5, 0.6) is 5.75 Å². The van der Waals surface area contributed by atoms with Crippen molar-refractivity contribution in [1.29, 1.82) is 0 Å². The highest BCUT2D eigenvalue weighted by atomic mass is 19.4. The first-order chi connectivity index (χ1) is 12.3. The maximum absolute atomic E-state index is 12.5. The Morgan fingerprint density at radius 1 is 1.38 bits per heavy atom. The number of alkyl halides is 3. The van der Waals surface area contributed by atoms with E-state index in [-0.39, 0.29) is 24.8 Å². The Kier molecular flexibility index (Phi) is 4.90. The van der Waals surface area contributed by atoms with E-state index in [0.717, 1.165) is 12.8 Å². The van der Waals surface area contributed by atoms with Crippen molar-refractivity contribution >= 4 is 5.97 Å². The summed E-state index contributed by atoms with van der Waals surface area (Å²) in [5.74, 6) is -0.794. The van der Waals surface area contributed by atoms with E-state index in [9.17, 15) is 18.0 Å². The summed E-state index contributed by atoms with van der Waals surface area (Å²) in [7, 11) is 0. The second kappa shape index (κ2) is 6.99. The summed E-state index contributed by atoms with van der Waals surface area (Å²) in [6.07, 6.45) is -3.07. The molecule has 0 saturated heterocycles. The van der Waals surface area contributed by atoms with Crippen molar-refractivity contribution in [3.05, 3.63) is 41.2 Å². The zero-order chi connectivity index (χ0) is 18.9. The van der Waals surface area contributed by atoms with Gasteiger partial charge in [0, 0.05) is 18.5 Å². The van der Waals surface area contributed by atoms with Gasteiger partial charge in [-0.25, -0.2) is 9.48 Å². The fourth-order valence-electron chi connectivity index (χ4n) is 2.79. The van der Waals surface area contributed by atoms with Crippen molar-refractivity contribution in [3.63, 3.8) is 0 Å². The minimum Gasteiger partial charge on any atom is -0.462 e. The molecule has 0 unspecified atom stereocenters. The van der Waals surface area contributed by atoms with Gasteiger partial charge in [0.2, 0.25) is 0 Å². The average molecular weight is 369 g/mol. The quantitative estimate of drug-likeness (QED) is 0.791. The maximum atomic E-state index is 12.5. The lowest BCUT2D eigenvalue weighted by Gasteiger charge is -2.12. The van der Waals surface area contributed by atoms with Gasteiger partial charge in [0.05, 0.1) is 23.7 Å². The molecule has 140 valence electrons. The van der Waals surface area contributed by atoms with Crippen LogP contribution >= 0.6 is 0 Å². The Hall–Kier alpha value is -2.55. The molecule has 0 atom stereocenters. The summed E-state index contributed by atoms with van der Waals surface area (Å²) in [5.41, 5.74) is 7.36. The molecule has 1 aliphatic carbocycles. The second-order valence-corrected chi connectivity index (χ2v) is 5.86. The van der Waals surface area contributed by atoms with Crippen LogP contribution in [0.2, 0.25) is 0 Å². The third-order valence-corrected chi connectivity index (χ3v) is 3.93. The Morgan fingerprint density at radius 3 is 2.69 bits per heavy atom. The van der Waals surface area contributed by atoms with E-state index in [0.29, 0.717) is 22.6 Å². The molecule has 1 heterocycles. The van der Waals surface area contributed by atoms with E-state index < -0.39 is 12.3 Å². The fraction of sp³-hybridized carbons (Fsp3) is 0.412. The van der Waals surface area contributed by atoms with Crippen LogP contribution in [0.15, 0.2) is 24.3 Å². The molecule has 6 nitrogen and oxygen atoms in total. The first-order valence-corrected chi connectivity index (χ1v) is 8.19. The summed E-state index contributed by atoms with van der Waals surface area (Å²) < 4.78 is 48.0. The van der Waals surface area contributed by atoms with Gasteiger partial charge in [0.15, 0.2) is 0 Å². The molecule has 0 amide bonds. The zero-order valence-corrected chi connectivity index (χ0v) is 14.0. The van der Waals surface area contributed by atoms with Crippen molar-refractivity contribution < 1.29 is 27.4 Å². The van der Waals surface area contributed by atoms with E-state index in [1.165, 1.54) is 22.9 Å². The largest absolute Gasteiger partial charge is 0.573 e. The smallest absolute Gasteiger partial charge is 0.462 e. The number of rotatable bonds is 6. The predicted octanol–water partition coefficient (Wildman–Crippen LogP) is 3.28. The molecule has 0 radical (unpaired) electrons. The molecule has 0 bridgehead atoms. The van der Waals surface area contributed by atoms with E-state index in [1.807, 2.05) is 0 Å². The van der Waals surface area contributed by atoms with E-state index in [1.54, 1.807) is 13.0 Å². The molecular formula is C17H18F3N3O3. The molecule has 1 fully saturated rings. The Morgan fingerprint density at radius 2 is 2.12 bits per heavy atom. The molecule has 0 spiro atoms. The Balaban J connectivity index is 2.08. The van der Waals surface area contributed by atoms with Gasteiger partial charge in [-0.2, -0.15) is 5.10 Å². The van der Waals surface area contributed by atoms with Gasteiger partial charge in [0.1, 0.15) is 11.3 Å². The minimum atomic E-state index is -4.79. The molecule has 0 aliphatic heterocycles. The van der Waals surface area contributed by atoms with Crippen LogP contribution in [0.3, 0.4) is 0 Å². The van der Waals surface area contributed by atoms with Gasteiger partial charge in [0.25, 0.3) is 0 Å². The third-order valence-electron chi connectivity index (χ3n) is 3.93. The van der Waals surface area contributed by atoms with E-state index in [4.69, 9.17) is 10.5 Å². The standard InChI is InChI=1S/C17H18F3N3O3/c1-2-25-16(24)14-13(9-21)22-23(15(14)10-6-7-10)11-4-3-5-12(8-11)26-17(18,19)20/h3-5,8,10H,2,6-7,9,21H2,1H3. The predicted molar refractivity (Wildman–Crippen MR) is 86.1 cm³/mol. The maximum Gasteiger partial charge on any atom is 0.573 e. The fourth-order valence-corrected chi connectivity index (χ4v) is 2.79. The van der Waals surface area contributed by atoms with Crippen LogP contribution in [-0.2, 0) is 11.3 Å². The summed E-state index contributed by atoms with van der Waals surface area (Å²) in [5, 5.41) is 4.36. The Labute approximate surface area is 147 Å². The topological polar surface area (TPSA) is 79.4 Å². The van der Waals surface area contributed by atoms with Crippen molar-refractivity contribution in [2.24, 2.45) is 5.73 Å². The van der Waals surface area contributed by atoms with Gasteiger partial charge in [-0.3, -0.25) is 0 Å². The number of benzene rings is 1. The van der Waals surface area contributed by atoms with Gasteiger partial charge in [-0.15, -0.1) is 13.2 Å². The van der Waals surface area contributed by atoms with Gasteiger partial charge >= 0.3 is 12.3 Å². The monoisotopic (exact) mass is 369 g/mol. The van der Waals surface area contributed by atoms with E-state index in [2.05, 4.69) is 9.84 Å². The van der Waals surface area contributed by atoms with Crippen molar-refractivity contribution in [2.75, 3.05) is 6.61 Å². The van der Waals surface area contributed by atoms with Crippen LogP contribution in [0.4, 0.5) is 13.2 Å². The normalized spacial score (nSPS) is 14.3. The minimum absolute atomic E-state index is 0.0135. The number of halogens is 3. The highest BCUT2D eigenvalue weighted by molar-refractivity contribution is 5.92. The van der Waals surface area contributed by atoms with Crippen LogP contribution in [0.25, 0.3) is 5.69 Å². The SMILES string of the molecule is CCOC(=O)c1c(CN)nn(-c2cccc(OC(F)(F)F)c2)c1C1CC1. The lowest BCUT2D eigenvalue weighted by Crippen LogP contribution is -2.17. The molecule has 2 N–H and O–H groups in total. The van der Waals surface area contributed by atoms with Gasteiger partial charge in [-0.1, -0.05) is 6.07 Å². The van der Waals surface area contributed by atoms with Crippen molar-refractivity contribution in [2.45, 2.75) is 38.6 Å². The number of nitrogens with zero attached hydrogens (tertiary/aromatic N) is 2. The summed E-state index contributed by atoms with van der Waals surface area (Å²) in [4.78, 5) is 12.4. The zero-order valence-electron chi connectivity index (χ0n) is 14.0. The third kappa shape index (κ3) is 3.82. The van der Waals surface area contributed by atoms with Gasteiger partial charge < -0.3 is 15.2 Å². The number of nitrogens with two attached hydrogens (primary N) is 1. The first-order valence-electron chi connectivity index (χ1n) is 8.19. The molecule has 2 aromatic rings. The van der Waals surface area contributed by atoms with Crippen molar-refractivity contribution in [3.8, 4) is 11.4 Å². The van der Waals surface area contributed by atoms with Crippen molar-refractivity contribution in [1.82, 2.24) is 9.78 Å². The molecule has 26 heavy (non-hydrogen) atoms. The molecule has 1 saturated carbocycles. The number of ether oxygens (including phenoxy) is 2. The summed E-state index contributed by atoms with van der Waals surface area (Å²) in [6.45, 7) is 1.91. The molecule has 3 rings (SSSR count). The van der Waals surface area contributed by atoms with E-state index >= 15 is 0 Å². The Bertz CT molecular complexity index is 813. The van der Waals surface area contributed by atoms with Crippen LogP contribution in [0.1, 0.15) is 47.4 Å². The number of carbonyl (C=O) groups is 1. The lowest BCUT2D eigenvalue weighted by molar-refractivity contribution is -0.274. The number of hydrogen-bond acceptors (Lipinski definition) is 5. The van der Waals surface area contributed by atoms with Gasteiger partial charge in [-0.05, 0) is 31.9 Å². The van der Waals surface area contributed by atoms with Crippen LogP contribution in [-0.4, -0.2) is 28.7 Å². The number of aromatic nitrogens is 2. The van der Waals surface area contributed by atoms with Crippen LogP contribution < -0.4 is 10.5 Å². The molecule has 1 aromatic carbocycles. The molecular weight excluding hydrogens is 351 g/mol. The second-order valence-electron chi connectivity index (χ2n) is 5.86. The first kappa shape index (κ1) is 18.2. The molecule has 1 aromatic heterocycles. The van der Waals surface area contributed by atoms with Crippen LogP contribution in [0, 0.1) is 0 Å². The number of carbonyl (C=O) groups excluding carboxylic acids is 1. The number of esters is 1.